The molecule has 1 aromatic carbocycles. The van der Waals surface area contributed by atoms with Crippen LogP contribution in [0.2, 0.25) is 0 Å². The smallest absolute Gasteiger partial charge is 0.412 e. The van der Waals surface area contributed by atoms with Gasteiger partial charge in [-0.15, -0.1) is 0 Å². The zero-order valence-corrected chi connectivity index (χ0v) is 10.4. The molecule has 0 saturated heterocycles. The number of hydrogen-bond acceptors (Lipinski definition) is 3. The lowest BCUT2D eigenvalue weighted by atomic mass is 10.0. The lowest BCUT2D eigenvalue weighted by Crippen LogP contribution is -2.31. The van der Waals surface area contributed by atoms with Gasteiger partial charge >= 0.3 is 6.09 Å². The minimum absolute atomic E-state index is 0.0544. The minimum atomic E-state index is -0.592. The molecule has 0 spiro atoms. The average molecular weight is 234 g/mol. The van der Waals surface area contributed by atoms with Crippen LogP contribution in [0.4, 0.5) is 4.79 Å². The normalized spacial score (nSPS) is 10.1. The van der Waals surface area contributed by atoms with Crippen molar-refractivity contribution in [2.45, 2.75) is 26.7 Å². The highest BCUT2D eigenvalue weighted by molar-refractivity contribution is 6.04. The Morgan fingerprint density at radius 3 is 2.41 bits per heavy atom. The molecular formula is C13H18N2O2. The number of rotatable bonds is 3. The van der Waals surface area contributed by atoms with Gasteiger partial charge in [-0.25, -0.2) is 4.79 Å². The summed E-state index contributed by atoms with van der Waals surface area (Å²) in [6, 6.07) is 7.57. The SMILES string of the molecule is CCOC(=O)NC(=N)c1ccc(C(C)C)cc1. The van der Waals surface area contributed by atoms with E-state index in [0.717, 1.165) is 0 Å². The van der Waals surface area contributed by atoms with Crippen LogP contribution in [0, 0.1) is 5.41 Å². The summed E-state index contributed by atoms with van der Waals surface area (Å²) in [5.41, 5.74) is 1.88. The third-order valence-corrected chi connectivity index (χ3v) is 2.37. The van der Waals surface area contributed by atoms with Crippen molar-refractivity contribution in [2.75, 3.05) is 6.61 Å². The fourth-order valence-corrected chi connectivity index (χ4v) is 1.38. The molecule has 0 heterocycles. The highest BCUT2D eigenvalue weighted by atomic mass is 16.5. The number of ether oxygens (including phenoxy) is 1. The summed E-state index contributed by atoms with van der Waals surface area (Å²) in [4.78, 5) is 11.1. The van der Waals surface area contributed by atoms with Crippen molar-refractivity contribution < 1.29 is 9.53 Å². The van der Waals surface area contributed by atoms with E-state index < -0.39 is 6.09 Å². The molecule has 92 valence electrons. The van der Waals surface area contributed by atoms with Gasteiger partial charge in [0.1, 0.15) is 5.84 Å². The zero-order chi connectivity index (χ0) is 12.8. The lowest BCUT2D eigenvalue weighted by molar-refractivity contribution is 0.158. The van der Waals surface area contributed by atoms with Crippen molar-refractivity contribution in [3.8, 4) is 0 Å². The number of carbonyl (C=O) groups is 1. The molecule has 0 aliphatic rings. The minimum Gasteiger partial charge on any atom is -0.450 e. The largest absolute Gasteiger partial charge is 0.450 e. The second-order valence-corrected chi connectivity index (χ2v) is 4.00. The van der Waals surface area contributed by atoms with Crippen molar-refractivity contribution in [3.05, 3.63) is 35.4 Å². The summed E-state index contributed by atoms with van der Waals surface area (Å²) < 4.78 is 4.71. The van der Waals surface area contributed by atoms with Gasteiger partial charge in [0, 0.05) is 5.56 Å². The van der Waals surface area contributed by atoms with Gasteiger partial charge in [-0.05, 0) is 18.4 Å². The summed E-state index contributed by atoms with van der Waals surface area (Å²) in [5, 5.41) is 10.1. The first kappa shape index (κ1) is 13.2. The van der Waals surface area contributed by atoms with E-state index in [1.165, 1.54) is 5.56 Å². The van der Waals surface area contributed by atoms with Gasteiger partial charge in [0.2, 0.25) is 0 Å². The van der Waals surface area contributed by atoms with Crippen molar-refractivity contribution in [2.24, 2.45) is 0 Å². The van der Waals surface area contributed by atoms with E-state index in [1.807, 2.05) is 24.3 Å². The predicted octanol–water partition coefficient (Wildman–Crippen LogP) is 2.88. The molecule has 0 aromatic heterocycles. The van der Waals surface area contributed by atoms with Gasteiger partial charge < -0.3 is 4.74 Å². The van der Waals surface area contributed by atoms with E-state index in [0.29, 0.717) is 18.1 Å². The van der Waals surface area contributed by atoms with E-state index in [1.54, 1.807) is 6.92 Å². The van der Waals surface area contributed by atoms with Crippen molar-refractivity contribution >= 4 is 11.9 Å². The Morgan fingerprint density at radius 2 is 1.94 bits per heavy atom. The van der Waals surface area contributed by atoms with Crippen LogP contribution in [0.15, 0.2) is 24.3 Å². The van der Waals surface area contributed by atoms with E-state index >= 15 is 0 Å². The van der Waals surface area contributed by atoms with Crippen LogP contribution in [-0.2, 0) is 4.74 Å². The van der Waals surface area contributed by atoms with Crippen molar-refractivity contribution in [1.29, 1.82) is 5.41 Å². The standard InChI is InChI=1S/C13H18N2O2/c1-4-17-13(16)15-12(14)11-7-5-10(6-8-11)9(2)3/h5-9H,4H2,1-3H3,(H2,14,15,16). The van der Waals surface area contributed by atoms with Crippen LogP contribution in [0.1, 0.15) is 37.8 Å². The Balaban J connectivity index is 2.67. The van der Waals surface area contributed by atoms with Gasteiger partial charge in [0.15, 0.2) is 0 Å². The third-order valence-electron chi connectivity index (χ3n) is 2.37. The third kappa shape index (κ3) is 3.90. The fraction of sp³-hybridized carbons (Fsp3) is 0.385. The van der Waals surface area contributed by atoms with Crippen LogP contribution >= 0.6 is 0 Å². The highest BCUT2D eigenvalue weighted by Gasteiger charge is 2.07. The van der Waals surface area contributed by atoms with Crippen molar-refractivity contribution in [1.82, 2.24) is 5.32 Å². The monoisotopic (exact) mass is 234 g/mol. The van der Waals surface area contributed by atoms with Gasteiger partial charge in [-0.1, -0.05) is 38.1 Å². The molecule has 0 fully saturated rings. The Bertz CT molecular complexity index is 396. The maximum Gasteiger partial charge on any atom is 0.412 e. The van der Waals surface area contributed by atoms with Gasteiger partial charge in [-0.3, -0.25) is 10.7 Å². The van der Waals surface area contributed by atoms with Crippen LogP contribution in [0.3, 0.4) is 0 Å². The summed E-state index contributed by atoms with van der Waals surface area (Å²) in [7, 11) is 0. The Hall–Kier alpha value is -1.84. The quantitative estimate of drug-likeness (QED) is 0.624. The molecule has 4 nitrogen and oxygen atoms in total. The van der Waals surface area contributed by atoms with E-state index in [-0.39, 0.29) is 5.84 Å². The van der Waals surface area contributed by atoms with E-state index in [4.69, 9.17) is 10.1 Å². The van der Waals surface area contributed by atoms with E-state index in [9.17, 15) is 4.79 Å². The number of carbonyl (C=O) groups excluding carboxylic acids is 1. The lowest BCUT2D eigenvalue weighted by Gasteiger charge is -2.09. The van der Waals surface area contributed by atoms with Gasteiger partial charge in [0.25, 0.3) is 0 Å². The second-order valence-electron chi connectivity index (χ2n) is 4.00. The number of hydrogen-bond donors (Lipinski definition) is 2. The fourth-order valence-electron chi connectivity index (χ4n) is 1.38. The van der Waals surface area contributed by atoms with Crippen LogP contribution < -0.4 is 5.32 Å². The molecule has 0 atom stereocenters. The molecule has 0 radical (unpaired) electrons. The molecule has 0 aliphatic carbocycles. The molecule has 0 bridgehead atoms. The predicted molar refractivity (Wildman–Crippen MR) is 67.5 cm³/mol. The molecule has 17 heavy (non-hydrogen) atoms. The van der Waals surface area contributed by atoms with Crippen molar-refractivity contribution in [3.63, 3.8) is 0 Å². The number of benzene rings is 1. The number of amidine groups is 1. The Labute approximate surface area is 101 Å². The molecule has 0 unspecified atom stereocenters. The Morgan fingerprint density at radius 1 is 1.35 bits per heavy atom. The van der Waals surface area contributed by atoms with E-state index in [2.05, 4.69) is 19.2 Å². The summed E-state index contributed by atoms with van der Waals surface area (Å²) in [6.45, 7) is 6.24. The molecular weight excluding hydrogens is 216 g/mol. The Kier molecular flexibility index (Phi) is 4.69. The average Bonchev–Trinajstić information content (AvgIpc) is 2.29. The molecule has 4 heteroatoms. The highest BCUT2D eigenvalue weighted by Crippen LogP contribution is 2.14. The molecule has 0 saturated carbocycles. The molecule has 1 rings (SSSR count). The number of alkyl carbamates (subject to hydrolysis) is 1. The van der Waals surface area contributed by atoms with Crippen LogP contribution in [0.5, 0.6) is 0 Å². The van der Waals surface area contributed by atoms with Crippen LogP contribution in [0.25, 0.3) is 0 Å². The second kappa shape index (κ2) is 6.03. The first-order valence-corrected chi connectivity index (χ1v) is 5.67. The maximum absolute atomic E-state index is 11.1. The first-order valence-electron chi connectivity index (χ1n) is 5.67. The summed E-state index contributed by atoms with van der Waals surface area (Å²) in [5.74, 6) is 0.509. The van der Waals surface area contributed by atoms with Gasteiger partial charge in [-0.2, -0.15) is 0 Å². The number of amides is 1. The zero-order valence-electron chi connectivity index (χ0n) is 10.4. The summed E-state index contributed by atoms with van der Waals surface area (Å²) in [6.07, 6.45) is -0.592. The molecule has 1 amide bonds. The first-order chi connectivity index (χ1) is 8.04. The van der Waals surface area contributed by atoms with Gasteiger partial charge in [0.05, 0.1) is 6.61 Å². The molecule has 1 aromatic rings. The summed E-state index contributed by atoms with van der Waals surface area (Å²) >= 11 is 0. The number of nitrogens with one attached hydrogen (secondary N) is 2. The van der Waals surface area contributed by atoms with Crippen LogP contribution in [-0.4, -0.2) is 18.5 Å². The molecule has 2 N–H and O–H groups in total. The topological polar surface area (TPSA) is 62.2 Å². The molecule has 0 aliphatic heterocycles. The maximum atomic E-state index is 11.1.